The topological polar surface area (TPSA) is 82.1 Å². The molecular weight excluding hydrogens is 250 g/mol. The first-order chi connectivity index (χ1) is 8.76. The van der Waals surface area contributed by atoms with Crippen molar-refractivity contribution in [2.24, 2.45) is 0 Å². The third-order valence-corrected chi connectivity index (χ3v) is 3.36. The van der Waals surface area contributed by atoms with Gasteiger partial charge in [0.25, 0.3) is 0 Å². The summed E-state index contributed by atoms with van der Waals surface area (Å²) in [5.74, 6) is 0. The average Bonchev–Trinajstić information content (AvgIpc) is 2.48. The highest BCUT2D eigenvalue weighted by atomic mass is 16.6. The summed E-state index contributed by atoms with van der Waals surface area (Å²) >= 11 is 0. The minimum absolute atomic E-state index is 0.0439. The number of carbonyl (C=O) groups excluding carboxylic acids is 1. The van der Waals surface area contributed by atoms with Crippen molar-refractivity contribution in [1.82, 2.24) is 15.3 Å². The third-order valence-electron chi connectivity index (χ3n) is 3.36. The Morgan fingerprint density at radius 3 is 2.16 bits per heavy atom. The maximum absolute atomic E-state index is 12.0. The van der Waals surface area contributed by atoms with Crippen molar-refractivity contribution < 1.29 is 19.4 Å². The average molecular weight is 271 g/mol. The molecule has 0 saturated carbocycles. The van der Waals surface area contributed by atoms with Crippen LogP contribution >= 0.6 is 0 Å². The van der Waals surface area contributed by atoms with Gasteiger partial charge in [0.15, 0.2) is 0 Å². The smallest absolute Gasteiger partial charge is 0.419 e. The number of fused-ring (bicyclic) bond motifs is 2. The zero-order chi connectivity index (χ0) is 14.2. The van der Waals surface area contributed by atoms with E-state index in [-0.39, 0.29) is 18.2 Å². The Kier molecular flexibility index (Phi) is 3.58. The van der Waals surface area contributed by atoms with E-state index >= 15 is 0 Å². The SMILES string of the molecule is CC(C)(C)OC(=O)N1CC2CCC(C1)N2NC(=O)O. The van der Waals surface area contributed by atoms with Crippen molar-refractivity contribution in [2.75, 3.05) is 13.1 Å². The highest BCUT2D eigenvalue weighted by Gasteiger charge is 2.43. The molecule has 0 spiro atoms. The second-order valence-electron chi connectivity index (χ2n) is 6.09. The number of rotatable bonds is 1. The van der Waals surface area contributed by atoms with Crippen LogP contribution in [-0.4, -0.2) is 58.0 Å². The largest absolute Gasteiger partial charge is 0.464 e. The maximum atomic E-state index is 12.0. The van der Waals surface area contributed by atoms with Gasteiger partial charge in [0, 0.05) is 25.2 Å². The molecule has 0 aromatic heterocycles. The minimum atomic E-state index is -1.05. The molecule has 0 aromatic carbocycles. The van der Waals surface area contributed by atoms with Crippen LogP contribution < -0.4 is 5.43 Å². The van der Waals surface area contributed by atoms with Gasteiger partial charge >= 0.3 is 12.2 Å². The lowest BCUT2D eigenvalue weighted by Crippen LogP contribution is -2.61. The van der Waals surface area contributed by atoms with E-state index in [1.807, 2.05) is 20.8 Å². The maximum Gasteiger partial charge on any atom is 0.419 e. The summed E-state index contributed by atoms with van der Waals surface area (Å²) in [6.07, 6.45) is 0.413. The zero-order valence-corrected chi connectivity index (χ0v) is 11.5. The first kappa shape index (κ1) is 13.9. The molecule has 0 aromatic rings. The van der Waals surface area contributed by atoms with Crippen LogP contribution in [0.15, 0.2) is 0 Å². The molecule has 2 N–H and O–H groups in total. The first-order valence-electron chi connectivity index (χ1n) is 6.52. The fourth-order valence-corrected chi connectivity index (χ4v) is 2.67. The summed E-state index contributed by atoms with van der Waals surface area (Å²) in [5, 5.41) is 10.6. The Morgan fingerprint density at radius 1 is 1.21 bits per heavy atom. The molecule has 2 aliphatic rings. The van der Waals surface area contributed by atoms with Crippen LogP contribution in [0.3, 0.4) is 0 Å². The van der Waals surface area contributed by atoms with E-state index < -0.39 is 11.7 Å². The van der Waals surface area contributed by atoms with Gasteiger partial charge in [-0.1, -0.05) is 0 Å². The number of piperazine rings is 1. The number of hydrazine groups is 1. The zero-order valence-electron chi connectivity index (χ0n) is 11.5. The molecule has 2 amide bonds. The van der Waals surface area contributed by atoms with Gasteiger partial charge in [0.2, 0.25) is 0 Å². The fourth-order valence-electron chi connectivity index (χ4n) is 2.67. The van der Waals surface area contributed by atoms with Gasteiger partial charge in [0.05, 0.1) is 0 Å². The first-order valence-corrected chi connectivity index (χ1v) is 6.52. The molecule has 19 heavy (non-hydrogen) atoms. The van der Waals surface area contributed by atoms with Gasteiger partial charge in [-0.3, -0.25) is 5.43 Å². The molecule has 2 heterocycles. The molecular formula is C12H21N3O4. The summed E-state index contributed by atoms with van der Waals surface area (Å²) in [5.41, 5.74) is 1.92. The molecule has 108 valence electrons. The molecule has 2 saturated heterocycles. The van der Waals surface area contributed by atoms with E-state index in [0.717, 1.165) is 12.8 Å². The number of nitrogens with one attached hydrogen (secondary N) is 1. The number of likely N-dealkylation sites (tertiary alicyclic amines) is 1. The molecule has 2 unspecified atom stereocenters. The summed E-state index contributed by atoms with van der Waals surface area (Å²) in [6.45, 7) is 6.52. The van der Waals surface area contributed by atoms with Gasteiger partial charge in [0.1, 0.15) is 5.60 Å². The van der Waals surface area contributed by atoms with Crippen LogP contribution in [0.4, 0.5) is 9.59 Å². The lowest BCUT2D eigenvalue weighted by atomic mass is 10.2. The van der Waals surface area contributed by atoms with Crippen LogP contribution in [0.25, 0.3) is 0 Å². The molecule has 0 radical (unpaired) electrons. The summed E-state index contributed by atoms with van der Waals surface area (Å²) in [6, 6.07) is 0.0877. The van der Waals surface area contributed by atoms with Crippen molar-refractivity contribution in [3.63, 3.8) is 0 Å². The van der Waals surface area contributed by atoms with Gasteiger partial charge < -0.3 is 14.7 Å². The highest BCUT2D eigenvalue weighted by molar-refractivity contribution is 5.68. The third kappa shape index (κ3) is 3.28. The summed E-state index contributed by atoms with van der Waals surface area (Å²) in [7, 11) is 0. The molecule has 2 rings (SSSR count). The standard InChI is InChI=1S/C12H21N3O4/c1-12(2,3)19-11(18)14-6-8-4-5-9(7-14)15(8)13-10(16)17/h8-9,13H,4-7H2,1-3H3,(H,16,17). The molecule has 0 aliphatic carbocycles. The number of amides is 2. The van der Waals surface area contributed by atoms with Crippen LogP contribution in [0, 0.1) is 0 Å². The Hall–Kier alpha value is -1.50. The summed E-state index contributed by atoms with van der Waals surface area (Å²) < 4.78 is 5.35. The van der Waals surface area contributed by atoms with Crippen molar-refractivity contribution in [3.05, 3.63) is 0 Å². The number of hydrogen-bond donors (Lipinski definition) is 2. The van der Waals surface area contributed by atoms with E-state index in [9.17, 15) is 9.59 Å². The fraction of sp³-hybridized carbons (Fsp3) is 0.833. The second kappa shape index (κ2) is 4.88. The molecule has 7 heteroatoms. The van der Waals surface area contributed by atoms with Crippen molar-refractivity contribution >= 4 is 12.2 Å². The number of hydrogen-bond acceptors (Lipinski definition) is 4. The molecule has 2 aliphatic heterocycles. The van der Waals surface area contributed by atoms with E-state index in [1.165, 1.54) is 0 Å². The van der Waals surface area contributed by atoms with E-state index in [1.54, 1.807) is 9.91 Å². The summed E-state index contributed by atoms with van der Waals surface area (Å²) in [4.78, 5) is 24.4. The number of ether oxygens (including phenoxy) is 1. The van der Waals surface area contributed by atoms with E-state index in [2.05, 4.69) is 5.43 Å². The Labute approximate surface area is 112 Å². The van der Waals surface area contributed by atoms with Crippen LogP contribution in [0.2, 0.25) is 0 Å². The molecule has 2 fully saturated rings. The Balaban J connectivity index is 1.96. The van der Waals surface area contributed by atoms with Crippen molar-refractivity contribution in [3.8, 4) is 0 Å². The lowest BCUT2D eigenvalue weighted by Gasteiger charge is -2.40. The van der Waals surface area contributed by atoms with Gasteiger partial charge in [-0.2, -0.15) is 0 Å². The highest BCUT2D eigenvalue weighted by Crippen LogP contribution is 2.29. The quantitative estimate of drug-likeness (QED) is 0.750. The Morgan fingerprint density at radius 2 is 1.74 bits per heavy atom. The second-order valence-corrected chi connectivity index (χ2v) is 6.09. The molecule has 2 bridgehead atoms. The van der Waals surface area contributed by atoms with E-state index in [4.69, 9.17) is 9.84 Å². The van der Waals surface area contributed by atoms with Gasteiger partial charge in [-0.25, -0.2) is 14.6 Å². The predicted molar refractivity (Wildman–Crippen MR) is 67.6 cm³/mol. The molecule has 7 nitrogen and oxygen atoms in total. The van der Waals surface area contributed by atoms with E-state index in [0.29, 0.717) is 13.1 Å². The Bertz CT molecular complexity index is 366. The lowest BCUT2D eigenvalue weighted by molar-refractivity contribution is -0.00889. The normalized spacial score (nSPS) is 27.2. The van der Waals surface area contributed by atoms with Crippen molar-refractivity contribution in [1.29, 1.82) is 0 Å². The van der Waals surface area contributed by atoms with Crippen LogP contribution in [-0.2, 0) is 4.74 Å². The minimum Gasteiger partial charge on any atom is -0.464 e. The van der Waals surface area contributed by atoms with Crippen LogP contribution in [0.5, 0.6) is 0 Å². The molecule has 2 atom stereocenters. The number of nitrogens with zero attached hydrogens (tertiary/aromatic N) is 2. The monoisotopic (exact) mass is 271 g/mol. The number of carboxylic acid groups (broad SMARTS) is 1. The van der Waals surface area contributed by atoms with Crippen LogP contribution in [0.1, 0.15) is 33.6 Å². The number of carbonyl (C=O) groups is 2. The van der Waals surface area contributed by atoms with Gasteiger partial charge in [-0.15, -0.1) is 0 Å². The van der Waals surface area contributed by atoms with Gasteiger partial charge in [-0.05, 0) is 33.6 Å². The predicted octanol–water partition coefficient (Wildman–Crippen LogP) is 1.25. The van der Waals surface area contributed by atoms with Crippen molar-refractivity contribution in [2.45, 2.75) is 51.3 Å².